The van der Waals surface area contributed by atoms with Gasteiger partial charge >= 0.3 is 0 Å². The van der Waals surface area contributed by atoms with Gasteiger partial charge < -0.3 is 6.15 Å². The monoisotopic (exact) mass is 199 g/mol. The first-order chi connectivity index (χ1) is 6.95. The summed E-state index contributed by atoms with van der Waals surface area (Å²) in [5, 5.41) is 8.20. The van der Waals surface area contributed by atoms with E-state index in [1.165, 1.54) is 0 Å². The van der Waals surface area contributed by atoms with Crippen LogP contribution in [0.4, 0.5) is 11.4 Å². The number of hydrogen-bond acceptors (Lipinski definition) is 3. The molecule has 0 spiro atoms. The van der Waals surface area contributed by atoms with E-state index in [-0.39, 0.29) is 6.15 Å². The van der Waals surface area contributed by atoms with Crippen LogP contribution in [0.15, 0.2) is 70.9 Å². The lowest BCUT2D eigenvalue weighted by Gasteiger charge is -1.91. The zero-order valence-electron chi connectivity index (χ0n) is 8.38. The Hall–Kier alpha value is -2.00. The maximum absolute atomic E-state index is 4.10. The molecule has 0 aromatic heterocycles. The van der Waals surface area contributed by atoms with Crippen LogP contribution in [0, 0.1) is 0 Å². The third-order valence-electron chi connectivity index (χ3n) is 1.79. The minimum atomic E-state index is 0. The molecule has 0 amide bonds. The van der Waals surface area contributed by atoms with Crippen molar-refractivity contribution in [2.75, 3.05) is 0 Å². The molecule has 3 nitrogen and oxygen atoms in total. The van der Waals surface area contributed by atoms with E-state index in [4.69, 9.17) is 0 Å². The number of rotatable bonds is 2. The first-order valence-corrected chi connectivity index (χ1v) is 4.47. The van der Waals surface area contributed by atoms with Crippen molar-refractivity contribution in [3.05, 3.63) is 60.7 Å². The lowest BCUT2D eigenvalue weighted by Crippen LogP contribution is -1.62. The molecule has 3 N–H and O–H groups in total. The van der Waals surface area contributed by atoms with E-state index in [0.717, 1.165) is 11.4 Å². The lowest BCUT2D eigenvalue weighted by atomic mass is 10.3. The maximum atomic E-state index is 4.10. The molecule has 0 atom stereocenters. The van der Waals surface area contributed by atoms with Crippen LogP contribution in [-0.4, -0.2) is 0 Å². The summed E-state index contributed by atoms with van der Waals surface area (Å²) in [5.41, 5.74) is 1.74. The van der Waals surface area contributed by atoms with Crippen molar-refractivity contribution in [3.8, 4) is 0 Å². The largest absolute Gasteiger partial charge is 0.344 e. The molecule has 0 saturated heterocycles. The predicted octanol–water partition coefficient (Wildman–Crippen LogP) is 4.26. The smallest absolute Gasteiger partial charge is 0.0857 e. The Bertz CT molecular complexity index is 368. The SMILES string of the molecule is N.c1ccc(/N=N/c2ccccc2)cc1. The molecule has 0 aliphatic rings. The van der Waals surface area contributed by atoms with Crippen LogP contribution in [0.3, 0.4) is 0 Å². The highest BCUT2D eigenvalue weighted by Gasteiger charge is 1.86. The van der Waals surface area contributed by atoms with Gasteiger partial charge in [0.25, 0.3) is 0 Å². The van der Waals surface area contributed by atoms with E-state index in [9.17, 15) is 0 Å². The fourth-order valence-corrected chi connectivity index (χ4v) is 1.10. The molecule has 3 heteroatoms. The van der Waals surface area contributed by atoms with Crippen molar-refractivity contribution in [1.29, 1.82) is 0 Å². The van der Waals surface area contributed by atoms with E-state index in [1.807, 2.05) is 60.7 Å². The number of benzene rings is 2. The van der Waals surface area contributed by atoms with Crippen LogP contribution >= 0.6 is 0 Å². The summed E-state index contributed by atoms with van der Waals surface area (Å²) in [5.74, 6) is 0. The zero-order chi connectivity index (χ0) is 9.64. The van der Waals surface area contributed by atoms with Crippen molar-refractivity contribution in [2.24, 2.45) is 10.2 Å². The Morgan fingerprint density at radius 3 is 1.20 bits per heavy atom. The van der Waals surface area contributed by atoms with E-state index in [1.54, 1.807) is 0 Å². The second-order valence-corrected chi connectivity index (χ2v) is 2.87. The van der Waals surface area contributed by atoms with Gasteiger partial charge in [0, 0.05) is 0 Å². The predicted molar refractivity (Wildman–Crippen MR) is 62.1 cm³/mol. The molecule has 0 aliphatic heterocycles. The van der Waals surface area contributed by atoms with Crippen LogP contribution < -0.4 is 6.15 Å². The fourth-order valence-electron chi connectivity index (χ4n) is 1.10. The first-order valence-electron chi connectivity index (χ1n) is 4.47. The fraction of sp³-hybridized carbons (Fsp3) is 0. The molecular weight excluding hydrogens is 186 g/mol. The molecule has 0 unspecified atom stereocenters. The molecule has 76 valence electrons. The molecule has 2 aromatic carbocycles. The Labute approximate surface area is 89.1 Å². The number of azo groups is 1. The summed E-state index contributed by atoms with van der Waals surface area (Å²) in [6.07, 6.45) is 0. The Kier molecular flexibility index (Phi) is 4.19. The molecule has 15 heavy (non-hydrogen) atoms. The average molecular weight is 199 g/mol. The maximum Gasteiger partial charge on any atom is 0.0857 e. The van der Waals surface area contributed by atoms with Crippen molar-refractivity contribution in [2.45, 2.75) is 0 Å². The Morgan fingerprint density at radius 1 is 0.533 bits per heavy atom. The molecule has 0 fully saturated rings. The van der Waals surface area contributed by atoms with E-state index < -0.39 is 0 Å². The summed E-state index contributed by atoms with van der Waals surface area (Å²) in [7, 11) is 0. The summed E-state index contributed by atoms with van der Waals surface area (Å²) >= 11 is 0. The molecule has 0 heterocycles. The van der Waals surface area contributed by atoms with Crippen molar-refractivity contribution >= 4 is 11.4 Å². The highest BCUT2D eigenvalue weighted by molar-refractivity contribution is 5.39. The highest BCUT2D eigenvalue weighted by Crippen LogP contribution is 2.16. The van der Waals surface area contributed by atoms with Gasteiger partial charge in [-0.2, -0.15) is 10.2 Å². The molecule has 0 saturated carbocycles. The van der Waals surface area contributed by atoms with Crippen LogP contribution in [0.5, 0.6) is 0 Å². The van der Waals surface area contributed by atoms with Crippen molar-refractivity contribution in [1.82, 2.24) is 6.15 Å². The van der Waals surface area contributed by atoms with Gasteiger partial charge in [0.2, 0.25) is 0 Å². The normalized spacial score (nSPS) is 9.87. The molecule has 2 rings (SSSR count). The van der Waals surface area contributed by atoms with Crippen LogP contribution in [-0.2, 0) is 0 Å². The standard InChI is InChI=1S/C12H10N2.H3N/c1-3-7-11(8-4-1)13-14-12-9-5-2-6-10-12;/h1-10H;1H3/b14-13+;. The second kappa shape index (κ2) is 5.67. The van der Waals surface area contributed by atoms with Crippen LogP contribution in [0.25, 0.3) is 0 Å². The van der Waals surface area contributed by atoms with E-state index >= 15 is 0 Å². The third kappa shape index (κ3) is 3.32. The summed E-state index contributed by atoms with van der Waals surface area (Å²) in [6.45, 7) is 0. The molecule has 2 aromatic rings. The van der Waals surface area contributed by atoms with Gasteiger partial charge in [-0.1, -0.05) is 36.4 Å². The third-order valence-corrected chi connectivity index (χ3v) is 1.79. The molecule has 0 aliphatic carbocycles. The number of nitrogens with zero attached hydrogens (tertiary/aromatic N) is 2. The van der Waals surface area contributed by atoms with E-state index in [0.29, 0.717) is 0 Å². The van der Waals surface area contributed by atoms with Crippen molar-refractivity contribution < 1.29 is 0 Å². The second-order valence-electron chi connectivity index (χ2n) is 2.87. The lowest BCUT2D eigenvalue weighted by molar-refractivity contribution is 1.23. The van der Waals surface area contributed by atoms with Crippen LogP contribution in [0.2, 0.25) is 0 Å². The van der Waals surface area contributed by atoms with Gasteiger partial charge in [-0.3, -0.25) is 0 Å². The summed E-state index contributed by atoms with van der Waals surface area (Å²) in [4.78, 5) is 0. The molecule has 0 bridgehead atoms. The topological polar surface area (TPSA) is 59.7 Å². The first kappa shape index (κ1) is 11.1. The van der Waals surface area contributed by atoms with Gasteiger partial charge in [0.15, 0.2) is 0 Å². The molecule has 0 radical (unpaired) electrons. The summed E-state index contributed by atoms with van der Waals surface area (Å²) < 4.78 is 0. The number of hydrogen-bond donors (Lipinski definition) is 1. The minimum absolute atomic E-state index is 0. The van der Waals surface area contributed by atoms with E-state index in [2.05, 4.69) is 10.2 Å². The minimum Gasteiger partial charge on any atom is -0.344 e. The van der Waals surface area contributed by atoms with Gasteiger partial charge in [-0.05, 0) is 24.3 Å². The van der Waals surface area contributed by atoms with Gasteiger partial charge in [-0.15, -0.1) is 0 Å². The van der Waals surface area contributed by atoms with Crippen LogP contribution in [0.1, 0.15) is 0 Å². The average Bonchev–Trinajstić information content (AvgIpc) is 2.29. The van der Waals surface area contributed by atoms with Gasteiger partial charge in [0.1, 0.15) is 0 Å². The Balaban J connectivity index is 0.00000112. The molecular formula is C12H13N3. The zero-order valence-corrected chi connectivity index (χ0v) is 8.38. The Morgan fingerprint density at radius 2 is 0.867 bits per heavy atom. The van der Waals surface area contributed by atoms with Gasteiger partial charge in [0.05, 0.1) is 11.4 Å². The quantitative estimate of drug-likeness (QED) is 0.721. The van der Waals surface area contributed by atoms with Gasteiger partial charge in [-0.25, -0.2) is 0 Å². The summed E-state index contributed by atoms with van der Waals surface area (Å²) in [6, 6.07) is 19.4. The van der Waals surface area contributed by atoms with Crippen molar-refractivity contribution in [3.63, 3.8) is 0 Å². The highest BCUT2D eigenvalue weighted by atomic mass is 15.1.